The highest BCUT2D eigenvalue weighted by atomic mass is 16.2. The Kier molecular flexibility index (Phi) is 4.08. The van der Waals surface area contributed by atoms with Crippen LogP contribution in [0.3, 0.4) is 0 Å². The summed E-state index contributed by atoms with van der Waals surface area (Å²) < 4.78 is 1.85. The number of aromatic nitrogens is 3. The van der Waals surface area contributed by atoms with E-state index in [0.717, 1.165) is 34.8 Å². The standard InChI is InChI=1S/C23H24N4O2/c1-14-7-8-18-17(15(14)2)13-20(24-18)22(28)26-11-9-16(10-12-26)27-21-6-4-3-5-19(21)25-23(27)29/h3-8,13,16,24H,9-12H2,1-2H3,(H,25,29). The first-order valence-electron chi connectivity index (χ1n) is 10.1. The zero-order valence-corrected chi connectivity index (χ0v) is 16.7. The predicted octanol–water partition coefficient (Wildman–Crippen LogP) is 3.91. The van der Waals surface area contributed by atoms with Crippen LogP contribution in [0, 0.1) is 13.8 Å². The molecule has 2 N–H and O–H groups in total. The molecule has 3 heterocycles. The SMILES string of the molecule is Cc1ccc2[nH]c(C(=O)N3CCC(n4c(=O)[nH]c5ccccc54)CC3)cc2c1C. The Morgan fingerprint density at radius 2 is 1.76 bits per heavy atom. The molecule has 1 fully saturated rings. The van der Waals surface area contributed by atoms with Crippen LogP contribution in [0.1, 0.15) is 40.5 Å². The van der Waals surface area contributed by atoms with Crippen molar-refractivity contribution in [3.8, 4) is 0 Å². The van der Waals surface area contributed by atoms with Crippen molar-refractivity contribution in [3.63, 3.8) is 0 Å². The van der Waals surface area contributed by atoms with Gasteiger partial charge in [0.15, 0.2) is 0 Å². The molecule has 6 nitrogen and oxygen atoms in total. The summed E-state index contributed by atoms with van der Waals surface area (Å²) in [7, 11) is 0. The van der Waals surface area contributed by atoms with E-state index in [1.54, 1.807) is 0 Å². The minimum Gasteiger partial charge on any atom is -0.351 e. The average molecular weight is 388 g/mol. The van der Waals surface area contributed by atoms with Crippen molar-refractivity contribution < 1.29 is 4.79 Å². The highest BCUT2D eigenvalue weighted by Gasteiger charge is 2.27. The summed E-state index contributed by atoms with van der Waals surface area (Å²) in [6.45, 7) is 5.45. The molecule has 0 aliphatic carbocycles. The fourth-order valence-corrected chi connectivity index (χ4v) is 4.51. The number of benzene rings is 2. The number of hydrogen-bond donors (Lipinski definition) is 2. The molecule has 0 atom stereocenters. The molecule has 148 valence electrons. The second-order valence-electron chi connectivity index (χ2n) is 7.99. The summed E-state index contributed by atoms with van der Waals surface area (Å²) in [6.07, 6.45) is 1.54. The Bertz CT molecular complexity index is 1290. The van der Waals surface area contributed by atoms with Gasteiger partial charge in [0.05, 0.1) is 11.0 Å². The van der Waals surface area contributed by atoms with Crippen LogP contribution in [-0.4, -0.2) is 38.4 Å². The van der Waals surface area contributed by atoms with Crippen LogP contribution in [0.2, 0.25) is 0 Å². The molecule has 0 bridgehead atoms. The minimum atomic E-state index is -0.0718. The van der Waals surface area contributed by atoms with Crippen molar-refractivity contribution in [2.45, 2.75) is 32.7 Å². The number of imidazole rings is 1. The van der Waals surface area contributed by atoms with Gasteiger partial charge in [-0.05, 0) is 62.1 Å². The second-order valence-corrected chi connectivity index (χ2v) is 7.99. The average Bonchev–Trinajstić information content (AvgIpc) is 3.31. The van der Waals surface area contributed by atoms with E-state index in [0.29, 0.717) is 18.8 Å². The van der Waals surface area contributed by atoms with Crippen molar-refractivity contribution >= 4 is 27.8 Å². The van der Waals surface area contributed by atoms with Crippen molar-refractivity contribution in [2.24, 2.45) is 0 Å². The molecule has 0 radical (unpaired) electrons. The largest absolute Gasteiger partial charge is 0.351 e. The van der Waals surface area contributed by atoms with Crippen LogP contribution >= 0.6 is 0 Å². The summed E-state index contributed by atoms with van der Waals surface area (Å²) in [5.74, 6) is 0.0305. The Balaban J connectivity index is 1.36. The van der Waals surface area contributed by atoms with Gasteiger partial charge in [-0.1, -0.05) is 18.2 Å². The lowest BCUT2D eigenvalue weighted by Crippen LogP contribution is -2.40. The van der Waals surface area contributed by atoms with Gasteiger partial charge in [-0.25, -0.2) is 4.79 Å². The number of para-hydroxylation sites is 2. The molecule has 29 heavy (non-hydrogen) atoms. The predicted molar refractivity (Wildman–Crippen MR) is 115 cm³/mol. The molecule has 1 aliphatic rings. The van der Waals surface area contributed by atoms with Gasteiger partial charge in [0.2, 0.25) is 0 Å². The number of carbonyl (C=O) groups excluding carboxylic acids is 1. The van der Waals surface area contributed by atoms with Gasteiger partial charge in [0.1, 0.15) is 5.69 Å². The maximum atomic E-state index is 13.1. The third kappa shape index (κ3) is 2.87. The minimum absolute atomic E-state index is 0.0305. The van der Waals surface area contributed by atoms with Gasteiger partial charge in [-0.3, -0.25) is 9.36 Å². The van der Waals surface area contributed by atoms with Crippen LogP contribution in [-0.2, 0) is 0 Å². The summed E-state index contributed by atoms with van der Waals surface area (Å²) in [6, 6.07) is 14.0. The lowest BCUT2D eigenvalue weighted by molar-refractivity contribution is 0.0690. The molecule has 1 amide bonds. The van der Waals surface area contributed by atoms with Crippen LogP contribution in [0.25, 0.3) is 21.9 Å². The van der Waals surface area contributed by atoms with Crippen molar-refractivity contribution in [3.05, 3.63) is 69.8 Å². The van der Waals surface area contributed by atoms with Gasteiger partial charge in [0.25, 0.3) is 5.91 Å². The lowest BCUT2D eigenvalue weighted by Gasteiger charge is -2.32. The molecule has 0 spiro atoms. The number of rotatable bonds is 2. The first kappa shape index (κ1) is 17.8. The van der Waals surface area contributed by atoms with Crippen molar-refractivity contribution in [1.29, 1.82) is 0 Å². The summed E-state index contributed by atoms with van der Waals surface area (Å²) >= 11 is 0. The topological polar surface area (TPSA) is 73.9 Å². The molecule has 1 aliphatic heterocycles. The summed E-state index contributed by atoms with van der Waals surface area (Å²) in [4.78, 5) is 33.6. The van der Waals surface area contributed by atoms with Crippen LogP contribution < -0.4 is 5.69 Å². The van der Waals surface area contributed by atoms with E-state index in [4.69, 9.17) is 0 Å². The van der Waals surface area contributed by atoms with Gasteiger partial charge < -0.3 is 14.9 Å². The van der Waals surface area contributed by atoms with Gasteiger partial charge >= 0.3 is 5.69 Å². The molecular formula is C23H24N4O2. The first-order chi connectivity index (χ1) is 14.0. The summed E-state index contributed by atoms with van der Waals surface area (Å²) in [5.41, 5.74) is 5.78. The Morgan fingerprint density at radius 3 is 2.55 bits per heavy atom. The molecule has 0 unspecified atom stereocenters. The van der Waals surface area contributed by atoms with E-state index >= 15 is 0 Å². The quantitative estimate of drug-likeness (QED) is 0.546. The number of carbonyl (C=O) groups is 1. The first-order valence-corrected chi connectivity index (χ1v) is 10.1. The third-order valence-corrected chi connectivity index (χ3v) is 6.31. The lowest BCUT2D eigenvalue weighted by atomic mass is 10.0. The number of amides is 1. The molecule has 2 aromatic heterocycles. The smallest absolute Gasteiger partial charge is 0.326 e. The number of nitrogens with one attached hydrogen (secondary N) is 2. The molecular weight excluding hydrogens is 364 g/mol. The monoisotopic (exact) mass is 388 g/mol. The van der Waals surface area contributed by atoms with E-state index in [-0.39, 0.29) is 17.6 Å². The van der Waals surface area contributed by atoms with Crippen LogP contribution in [0.4, 0.5) is 0 Å². The molecule has 0 saturated carbocycles. The molecule has 1 saturated heterocycles. The highest BCUT2D eigenvalue weighted by molar-refractivity contribution is 5.99. The highest BCUT2D eigenvalue weighted by Crippen LogP contribution is 2.27. The number of H-pyrrole nitrogens is 2. The maximum absolute atomic E-state index is 13.1. The van der Waals surface area contributed by atoms with E-state index in [1.807, 2.05) is 45.9 Å². The van der Waals surface area contributed by atoms with E-state index in [9.17, 15) is 9.59 Å². The number of aromatic amines is 2. The van der Waals surface area contributed by atoms with Gasteiger partial charge in [0, 0.05) is 30.0 Å². The van der Waals surface area contributed by atoms with E-state index in [1.165, 1.54) is 11.1 Å². The van der Waals surface area contributed by atoms with Crippen molar-refractivity contribution in [1.82, 2.24) is 19.4 Å². The van der Waals surface area contributed by atoms with Crippen LogP contribution in [0.5, 0.6) is 0 Å². The number of aryl methyl sites for hydroxylation is 2. The fraction of sp³-hybridized carbons (Fsp3) is 0.304. The molecule has 5 rings (SSSR count). The van der Waals surface area contributed by atoms with Crippen LogP contribution in [0.15, 0.2) is 47.3 Å². The Hall–Kier alpha value is -3.28. The maximum Gasteiger partial charge on any atom is 0.326 e. The van der Waals surface area contributed by atoms with Crippen molar-refractivity contribution in [2.75, 3.05) is 13.1 Å². The Labute approximate surface area is 168 Å². The number of hydrogen-bond acceptors (Lipinski definition) is 2. The molecule has 4 aromatic rings. The summed E-state index contributed by atoms with van der Waals surface area (Å²) in [5, 5.41) is 1.11. The number of likely N-dealkylation sites (tertiary alicyclic amines) is 1. The number of nitrogens with zero attached hydrogens (tertiary/aromatic N) is 2. The molecule has 2 aromatic carbocycles. The Morgan fingerprint density at radius 1 is 1.00 bits per heavy atom. The van der Waals surface area contributed by atoms with Gasteiger partial charge in [-0.2, -0.15) is 0 Å². The normalized spacial score (nSPS) is 15.4. The fourth-order valence-electron chi connectivity index (χ4n) is 4.51. The zero-order chi connectivity index (χ0) is 20.1. The van der Waals surface area contributed by atoms with Gasteiger partial charge in [-0.15, -0.1) is 0 Å². The second kappa shape index (κ2) is 6.65. The third-order valence-electron chi connectivity index (χ3n) is 6.31. The zero-order valence-electron chi connectivity index (χ0n) is 16.7. The van der Waals surface area contributed by atoms with E-state index in [2.05, 4.69) is 29.9 Å². The number of fused-ring (bicyclic) bond motifs is 2. The van der Waals surface area contributed by atoms with E-state index < -0.39 is 0 Å². The molecule has 6 heteroatoms. The number of piperidine rings is 1.